The van der Waals surface area contributed by atoms with Crippen LogP contribution in [-0.4, -0.2) is 84.7 Å². The van der Waals surface area contributed by atoms with Crippen LogP contribution in [0.5, 0.6) is 0 Å². The van der Waals surface area contributed by atoms with Gasteiger partial charge in [-0.3, -0.25) is 18.7 Å². The minimum absolute atomic E-state index is 0. The lowest BCUT2D eigenvalue weighted by Crippen LogP contribution is -2.24. The topological polar surface area (TPSA) is 199 Å². The van der Waals surface area contributed by atoms with E-state index in [4.69, 9.17) is 9.05 Å². The van der Waals surface area contributed by atoms with Gasteiger partial charge in [-0.15, -0.1) is 12.4 Å². The number of nitrogens with one attached hydrogen (secondary N) is 1. The van der Waals surface area contributed by atoms with Crippen molar-refractivity contribution >= 4 is 56.4 Å². The molecule has 6 atom stereocenters. The highest BCUT2D eigenvalue weighted by Gasteiger charge is 2.59. The van der Waals surface area contributed by atoms with Gasteiger partial charge >= 0.3 is 12.4 Å². The molecule has 6 aromatic heterocycles. The molecule has 26 heteroatoms. The summed E-state index contributed by atoms with van der Waals surface area (Å²) in [6.07, 6.45) is -2.58. The summed E-state index contributed by atoms with van der Waals surface area (Å²) in [6.45, 7) is 3.84. The van der Waals surface area contributed by atoms with E-state index in [1.54, 1.807) is 29.6 Å². The van der Waals surface area contributed by atoms with Crippen molar-refractivity contribution in [3.63, 3.8) is 0 Å². The number of imidazole rings is 2. The number of aryl methyl sites for hydroxylation is 2. The van der Waals surface area contributed by atoms with E-state index in [0.717, 1.165) is 62.0 Å². The third-order valence-electron chi connectivity index (χ3n) is 12.6. The van der Waals surface area contributed by atoms with Gasteiger partial charge in [0.15, 0.2) is 34.0 Å². The van der Waals surface area contributed by atoms with Crippen LogP contribution in [0.15, 0.2) is 96.9 Å². The number of hydrogen-bond acceptors (Lipinski definition) is 14. The van der Waals surface area contributed by atoms with Gasteiger partial charge in [0, 0.05) is 49.2 Å². The summed E-state index contributed by atoms with van der Waals surface area (Å²) in [6, 6.07) is 10.0. The number of piperidine rings is 2. The Kier molecular flexibility index (Phi) is 12.3. The summed E-state index contributed by atoms with van der Waals surface area (Å²) < 4.78 is 91.5. The largest absolute Gasteiger partial charge is 0.416 e. The van der Waals surface area contributed by atoms with Gasteiger partial charge in [-0.2, -0.15) is 36.3 Å². The van der Waals surface area contributed by atoms with Crippen LogP contribution in [-0.2, 0) is 39.5 Å². The van der Waals surface area contributed by atoms with E-state index in [-0.39, 0.29) is 42.5 Å². The van der Waals surface area contributed by atoms with E-state index in [2.05, 4.69) is 66.4 Å². The third kappa shape index (κ3) is 9.12. The molecule has 0 amide bonds. The Morgan fingerprint density at radius 3 is 1.49 bits per heavy atom. The molecule has 2 aliphatic carbocycles. The van der Waals surface area contributed by atoms with Gasteiger partial charge in [0.1, 0.15) is 25.7 Å². The molecule has 18 nitrogen and oxygen atoms in total. The number of nitrogens with zero attached hydrogens (tertiary/aromatic N) is 13. The SMILES string of the molecule is Cl.Cn1cnc2ncn(Cc3nc(C4[C@H]5CN(c6ccc(C(F)(F)F)cc6)C[C@@H]45)no3)c(=O)c21.Cn1cnc2ncn(Cc3nc(C4[C@H]5CNC[C@@H]45)no3)c(=O)c21.FC(F)(F)c1ccc(Br)cc1. The van der Waals surface area contributed by atoms with Crippen LogP contribution in [0.25, 0.3) is 22.3 Å². The Balaban J connectivity index is 0.000000143. The van der Waals surface area contributed by atoms with Crippen LogP contribution in [0.2, 0.25) is 0 Å². The maximum Gasteiger partial charge on any atom is 0.416 e. The standard InChI is InChI=1S/C21H18F3N7O2.C14H15N7O2.C7H4BrF3.ClH/c1-29-9-25-19-17(29)20(32)31(10-26-19)8-15-27-18(28-33-15)16-13-6-30(7-14(13)16)12-4-2-11(3-5-12)21(22,23)24;1-20-5-16-13-11(20)14(22)21(6-17-13)4-9-18-12(19-23-9)10-7-2-15-3-8(7)10;8-6-3-1-5(2-4-6)7(9,10)11;/h2-5,9-10,13-14,16H,6-8H2,1H3;5-8,10,15H,2-4H2,1H3;1-4H;1H/t13-,14+,16?;7-,8+,10?;;. The highest BCUT2D eigenvalue weighted by molar-refractivity contribution is 9.10. The Morgan fingerprint density at radius 1 is 0.632 bits per heavy atom. The second-order valence-electron chi connectivity index (χ2n) is 16.8. The molecule has 356 valence electrons. The van der Waals surface area contributed by atoms with Crippen molar-refractivity contribution in [3.05, 3.63) is 134 Å². The molecule has 68 heavy (non-hydrogen) atoms. The summed E-state index contributed by atoms with van der Waals surface area (Å²) in [5, 5.41) is 11.5. The molecule has 0 bridgehead atoms. The number of alkyl halides is 6. The molecule has 8 aromatic rings. The Hall–Kier alpha value is -6.47. The number of benzene rings is 2. The molecule has 0 radical (unpaired) electrons. The lowest BCUT2D eigenvalue weighted by molar-refractivity contribution is -0.138. The number of fused-ring (bicyclic) bond motifs is 4. The monoisotopic (exact) mass is 1030 g/mol. The number of hydrogen-bond donors (Lipinski definition) is 1. The molecular weight excluding hydrogens is 994 g/mol. The van der Waals surface area contributed by atoms with E-state index in [0.29, 0.717) is 74.0 Å². The summed E-state index contributed by atoms with van der Waals surface area (Å²) in [4.78, 5) is 52.7. The van der Waals surface area contributed by atoms with Gasteiger partial charge in [0.05, 0.1) is 23.8 Å². The molecule has 8 heterocycles. The minimum Gasteiger partial charge on any atom is -0.371 e. The number of anilines is 1. The van der Waals surface area contributed by atoms with E-state index < -0.39 is 23.5 Å². The molecule has 0 spiro atoms. The average Bonchev–Trinajstić information content (AvgIpc) is 3.85. The first-order chi connectivity index (χ1) is 32.0. The molecule has 2 saturated carbocycles. The lowest BCUT2D eigenvalue weighted by atomic mass is 10.1. The van der Waals surface area contributed by atoms with Crippen molar-refractivity contribution in [1.29, 1.82) is 0 Å². The fourth-order valence-electron chi connectivity index (χ4n) is 9.02. The first kappa shape index (κ1) is 46.6. The van der Waals surface area contributed by atoms with Gasteiger partial charge < -0.3 is 28.4 Å². The molecule has 2 aromatic carbocycles. The zero-order valence-corrected chi connectivity index (χ0v) is 38.0. The number of aromatic nitrogens is 12. The fraction of sp³-hybridized carbons (Fsp3) is 0.381. The second kappa shape index (κ2) is 17.9. The van der Waals surface area contributed by atoms with Crippen molar-refractivity contribution < 1.29 is 35.4 Å². The van der Waals surface area contributed by atoms with E-state index in [1.165, 1.54) is 52.4 Å². The number of rotatable bonds is 7. The zero-order valence-electron chi connectivity index (χ0n) is 35.6. The summed E-state index contributed by atoms with van der Waals surface area (Å²) in [7, 11) is 3.50. The molecule has 2 saturated heterocycles. The summed E-state index contributed by atoms with van der Waals surface area (Å²) in [5.41, 5.74) is 0.794. The van der Waals surface area contributed by atoms with E-state index in [1.807, 2.05) is 0 Å². The van der Waals surface area contributed by atoms with Crippen LogP contribution in [0.3, 0.4) is 0 Å². The van der Waals surface area contributed by atoms with Crippen molar-refractivity contribution in [2.45, 2.75) is 37.3 Å². The zero-order chi connectivity index (χ0) is 46.9. The average molecular weight is 1030 g/mol. The second-order valence-corrected chi connectivity index (χ2v) is 17.7. The summed E-state index contributed by atoms with van der Waals surface area (Å²) in [5.74, 6) is 4.61. The Morgan fingerprint density at radius 2 is 1.04 bits per heavy atom. The van der Waals surface area contributed by atoms with E-state index >= 15 is 0 Å². The maximum absolute atomic E-state index is 12.8. The van der Waals surface area contributed by atoms with Crippen molar-refractivity contribution in [3.8, 4) is 0 Å². The van der Waals surface area contributed by atoms with Crippen molar-refractivity contribution in [1.82, 2.24) is 63.8 Å². The molecule has 4 aliphatic rings. The van der Waals surface area contributed by atoms with Crippen molar-refractivity contribution in [2.24, 2.45) is 37.8 Å². The fourth-order valence-corrected chi connectivity index (χ4v) is 9.28. The van der Waals surface area contributed by atoms with Gasteiger partial charge in [0.25, 0.3) is 11.1 Å². The first-order valence-corrected chi connectivity index (χ1v) is 21.6. The van der Waals surface area contributed by atoms with Crippen LogP contribution in [0, 0.1) is 23.7 Å². The predicted molar refractivity (Wildman–Crippen MR) is 235 cm³/mol. The highest BCUT2D eigenvalue weighted by atomic mass is 79.9. The highest BCUT2D eigenvalue weighted by Crippen LogP contribution is 2.58. The molecule has 1 N–H and O–H groups in total. The lowest BCUT2D eigenvalue weighted by Gasteiger charge is -2.22. The smallest absolute Gasteiger partial charge is 0.371 e. The maximum atomic E-state index is 12.8. The Bertz CT molecular complexity index is 3200. The predicted octanol–water partition coefficient (Wildman–Crippen LogP) is 5.81. The van der Waals surface area contributed by atoms with Gasteiger partial charge in [-0.25, -0.2) is 19.9 Å². The van der Waals surface area contributed by atoms with E-state index in [9.17, 15) is 35.9 Å². The minimum atomic E-state index is -4.34. The molecule has 2 unspecified atom stereocenters. The molecule has 12 rings (SSSR count). The van der Waals surface area contributed by atoms with Crippen LogP contribution < -0.4 is 21.3 Å². The number of halogens is 8. The van der Waals surface area contributed by atoms with Gasteiger partial charge in [0.2, 0.25) is 11.8 Å². The van der Waals surface area contributed by atoms with Gasteiger partial charge in [-0.05, 0) is 85.3 Å². The molecule has 2 aliphatic heterocycles. The Labute approximate surface area is 394 Å². The normalized spacial score (nSPS) is 21.4. The summed E-state index contributed by atoms with van der Waals surface area (Å²) >= 11 is 3.04. The molecule has 4 fully saturated rings. The van der Waals surface area contributed by atoms with Crippen LogP contribution >= 0.6 is 28.3 Å². The first-order valence-electron chi connectivity index (χ1n) is 20.9. The quantitative estimate of drug-likeness (QED) is 0.188. The van der Waals surface area contributed by atoms with Gasteiger partial charge in [-0.1, -0.05) is 26.2 Å². The van der Waals surface area contributed by atoms with Crippen molar-refractivity contribution in [2.75, 3.05) is 31.1 Å². The van der Waals surface area contributed by atoms with Crippen LogP contribution in [0.1, 0.15) is 46.4 Å². The third-order valence-corrected chi connectivity index (χ3v) is 13.1. The molecular formula is C42H38BrClF6N14O4. The van der Waals surface area contributed by atoms with Crippen LogP contribution in [0.4, 0.5) is 32.0 Å².